The summed E-state index contributed by atoms with van der Waals surface area (Å²) >= 11 is 0. The van der Waals surface area contributed by atoms with Crippen molar-refractivity contribution in [2.24, 2.45) is 5.92 Å². The van der Waals surface area contributed by atoms with Gasteiger partial charge in [0.2, 0.25) is 5.43 Å². The van der Waals surface area contributed by atoms with Crippen LogP contribution in [-0.4, -0.2) is 56.8 Å². The molecule has 3 atom stereocenters. The van der Waals surface area contributed by atoms with Crippen molar-refractivity contribution in [1.82, 2.24) is 14.9 Å². The first-order valence-corrected chi connectivity index (χ1v) is 11.5. The van der Waals surface area contributed by atoms with E-state index in [0.29, 0.717) is 0 Å². The van der Waals surface area contributed by atoms with Crippen LogP contribution in [0.2, 0.25) is 0 Å². The minimum atomic E-state index is -4.75. The number of aliphatic hydroxyl groups is 2. The lowest BCUT2D eigenvalue weighted by atomic mass is 10.1. The highest BCUT2D eigenvalue weighted by atomic mass is 19.4. The summed E-state index contributed by atoms with van der Waals surface area (Å²) in [4.78, 5) is 31.7. The number of aliphatic hydroxyl groups excluding tert-OH is 2. The van der Waals surface area contributed by atoms with E-state index in [0.717, 1.165) is 29.0 Å². The molecule has 1 saturated carbocycles. The lowest BCUT2D eigenvalue weighted by Crippen LogP contribution is -2.48. The van der Waals surface area contributed by atoms with Crippen LogP contribution >= 0.6 is 0 Å². The maximum atomic E-state index is 14.8. The Labute approximate surface area is 206 Å². The summed E-state index contributed by atoms with van der Waals surface area (Å²) in [6.45, 7) is -0.00154. The molecule has 2 aromatic heterocycles. The van der Waals surface area contributed by atoms with Gasteiger partial charge in [0.25, 0.3) is 5.91 Å². The molecular formula is C24H21F5N4O4. The number of hydrogen-bond donors (Lipinski definition) is 3. The van der Waals surface area contributed by atoms with Gasteiger partial charge in [-0.3, -0.25) is 14.2 Å². The van der Waals surface area contributed by atoms with Crippen LogP contribution < -0.4 is 15.6 Å². The number of carbonyl (C=O) groups is 1. The number of fused-ring (bicyclic) bond motifs is 1. The van der Waals surface area contributed by atoms with Gasteiger partial charge in [0.1, 0.15) is 41.0 Å². The maximum absolute atomic E-state index is 14.8. The Morgan fingerprint density at radius 3 is 2.35 bits per heavy atom. The fourth-order valence-corrected chi connectivity index (χ4v) is 4.56. The second-order valence-electron chi connectivity index (χ2n) is 9.21. The molecule has 0 radical (unpaired) electrons. The Kier molecular flexibility index (Phi) is 6.15. The van der Waals surface area contributed by atoms with Crippen molar-refractivity contribution in [3.63, 3.8) is 0 Å². The third kappa shape index (κ3) is 4.64. The van der Waals surface area contributed by atoms with Crippen LogP contribution in [-0.2, 0) is 0 Å². The smallest absolute Gasteiger partial charge is 0.391 e. The third-order valence-electron chi connectivity index (χ3n) is 6.54. The number of halogens is 5. The number of aromatic nitrogens is 2. The largest absolute Gasteiger partial charge is 0.408 e. The molecule has 0 bridgehead atoms. The molecule has 1 aromatic carbocycles. The summed E-state index contributed by atoms with van der Waals surface area (Å²) in [6.07, 6.45) is -5.42. The van der Waals surface area contributed by atoms with Crippen molar-refractivity contribution in [3.05, 3.63) is 63.9 Å². The number of para-hydroxylation sites is 1. The molecule has 37 heavy (non-hydrogen) atoms. The van der Waals surface area contributed by atoms with E-state index in [-0.39, 0.29) is 42.7 Å². The lowest BCUT2D eigenvalue weighted by molar-refractivity contribution is -0.158. The molecule has 1 saturated heterocycles. The number of carbonyl (C=O) groups excluding carboxylic acids is 1. The zero-order valence-electron chi connectivity index (χ0n) is 19.0. The first-order valence-electron chi connectivity index (χ1n) is 11.5. The summed E-state index contributed by atoms with van der Waals surface area (Å²) in [6, 6.07) is 3.29. The van der Waals surface area contributed by atoms with E-state index in [9.17, 15) is 41.8 Å². The number of benzene rings is 1. The average molecular weight is 524 g/mol. The van der Waals surface area contributed by atoms with Crippen LogP contribution in [0.1, 0.15) is 29.6 Å². The van der Waals surface area contributed by atoms with Gasteiger partial charge in [-0.2, -0.15) is 13.2 Å². The molecule has 5 rings (SSSR count). The molecule has 2 fully saturated rings. The van der Waals surface area contributed by atoms with Gasteiger partial charge in [-0.05, 0) is 43.0 Å². The summed E-state index contributed by atoms with van der Waals surface area (Å²) < 4.78 is 70.9. The molecular weight excluding hydrogens is 503 g/mol. The second-order valence-corrected chi connectivity index (χ2v) is 9.21. The number of pyridine rings is 2. The number of nitrogens with one attached hydrogen (secondary N) is 1. The Morgan fingerprint density at radius 2 is 1.78 bits per heavy atom. The molecule has 1 aliphatic heterocycles. The van der Waals surface area contributed by atoms with Gasteiger partial charge in [0.05, 0.1) is 11.5 Å². The topological polar surface area (TPSA) is 108 Å². The predicted octanol–water partition coefficient (Wildman–Crippen LogP) is 2.62. The standard InChI is InChI=1S/C24H21F5N4O4/c25-15-2-1-3-16(26)19(15)33-10-14(23(37)31-21(11-4-5-11)24(27,28)29)20(36)13-6-7-17(30-22(13)33)32-9-12(34)8-18(32)35/h1-3,6-7,10-12,18,21,34-35H,4-5,8-9H2,(H,31,37)/t12-,18?,21?/m0/s1. The zero-order valence-corrected chi connectivity index (χ0v) is 19.0. The Bertz CT molecular complexity index is 1420. The number of nitrogens with zero attached hydrogens (tertiary/aromatic N) is 3. The lowest BCUT2D eigenvalue weighted by Gasteiger charge is -2.23. The third-order valence-corrected chi connectivity index (χ3v) is 6.54. The van der Waals surface area contributed by atoms with Crippen LogP contribution in [0.25, 0.3) is 16.7 Å². The molecule has 3 heterocycles. The number of rotatable bonds is 5. The summed E-state index contributed by atoms with van der Waals surface area (Å²) in [5.74, 6) is -4.24. The summed E-state index contributed by atoms with van der Waals surface area (Å²) in [5.41, 5.74) is -2.75. The average Bonchev–Trinajstić information content (AvgIpc) is 3.60. The molecule has 0 spiro atoms. The van der Waals surface area contributed by atoms with Crippen LogP contribution in [0.15, 0.2) is 41.3 Å². The van der Waals surface area contributed by atoms with Gasteiger partial charge in [-0.25, -0.2) is 13.8 Å². The van der Waals surface area contributed by atoms with Crippen LogP contribution in [0.3, 0.4) is 0 Å². The maximum Gasteiger partial charge on any atom is 0.408 e. The Hall–Kier alpha value is -3.58. The fourth-order valence-electron chi connectivity index (χ4n) is 4.56. The minimum Gasteiger partial charge on any atom is -0.391 e. The van der Waals surface area contributed by atoms with E-state index in [4.69, 9.17) is 0 Å². The normalized spacial score (nSPS) is 20.9. The van der Waals surface area contributed by atoms with E-state index in [2.05, 4.69) is 4.98 Å². The van der Waals surface area contributed by atoms with E-state index >= 15 is 0 Å². The van der Waals surface area contributed by atoms with Crippen molar-refractivity contribution in [1.29, 1.82) is 0 Å². The molecule has 196 valence electrons. The van der Waals surface area contributed by atoms with Crippen LogP contribution in [0.5, 0.6) is 0 Å². The van der Waals surface area contributed by atoms with E-state index in [1.165, 1.54) is 17.0 Å². The molecule has 2 aliphatic rings. The quantitative estimate of drug-likeness (QED) is 0.443. The number of anilines is 1. The summed E-state index contributed by atoms with van der Waals surface area (Å²) in [7, 11) is 0. The Morgan fingerprint density at radius 1 is 1.11 bits per heavy atom. The van der Waals surface area contributed by atoms with Crippen molar-refractivity contribution in [3.8, 4) is 5.69 Å². The van der Waals surface area contributed by atoms with Gasteiger partial charge in [-0.1, -0.05) is 6.07 Å². The molecule has 1 amide bonds. The van der Waals surface area contributed by atoms with Gasteiger partial charge in [-0.15, -0.1) is 0 Å². The first-order chi connectivity index (χ1) is 17.5. The van der Waals surface area contributed by atoms with Crippen molar-refractivity contribution in [2.75, 3.05) is 11.4 Å². The second kappa shape index (κ2) is 9.06. The highest BCUT2D eigenvalue weighted by molar-refractivity contribution is 5.97. The molecule has 13 heteroatoms. The van der Waals surface area contributed by atoms with Gasteiger partial charge >= 0.3 is 6.18 Å². The number of hydrogen-bond acceptors (Lipinski definition) is 6. The van der Waals surface area contributed by atoms with Crippen molar-refractivity contribution in [2.45, 2.75) is 43.8 Å². The van der Waals surface area contributed by atoms with Gasteiger partial charge < -0.3 is 20.4 Å². The predicted molar refractivity (Wildman–Crippen MR) is 121 cm³/mol. The monoisotopic (exact) mass is 524 g/mol. The fraction of sp³-hybridized carbons (Fsp3) is 0.375. The number of alkyl halides is 3. The molecule has 8 nitrogen and oxygen atoms in total. The van der Waals surface area contributed by atoms with E-state index < -0.39 is 64.7 Å². The SMILES string of the molecule is O=C(NC(C1CC1)C(F)(F)F)c1cn(-c2c(F)cccc2F)c2nc(N3C[C@@H](O)CC3O)ccc2c1=O. The number of amides is 1. The first kappa shape index (κ1) is 25.1. The molecule has 2 unspecified atom stereocenters. The highest BCUT2D eigenvalue weighted by Gasteiger charge is 2.50. The van der Waals surface area contributed by atoms with Gasteiger partial charge in [0, 0.05) is 19.2 Å². The molecule has 3 N–H and O–H groups in total. The highest BCUT2D eigenvalue weighted by Crippen LogP contribution is 2.40. The van der Waals surface area contributed by atoms with Crippen LogP contribution in [0, 0.1) is 17.6 Å². The zero-order chi connectivity index (χ0) is 26.6. The van der Waals surface area contributed by atoms with E-state index in [1.54, 1.807) is 0 Å². The molecule has 1 aliphatic carbocycles. The molecule has 3 aromatic rings. The van der Waals surface area contributed by atoms with Crippen molar-refractivity contribution < 1.29 is 37.0 Å². The summed E-state index contributed by atoms with van der Waals surface area (Å²) in [5, 5.41) is 21.7. The minimum absolute atomic E-state index is 0.00154. The van der Waals surface area contributed by atoms with E-state index in [1.807, 2.05) is 5.32 Å². The van der Waals surface area contributed by atoms with Crippen molar-refractivity contribution >= 4 is 22.8 Å². The number of β-amino-alcohol motifs (C(OH)–C–C–N with tert-alkyl or cyclic N) is 1. The Balaban J connectivity index is 1.68. The van der Waals surface area contributed by atoms with Gasteiger partial charge in [0.15, 0.2) is 5.65 Å². The van der Waals surface area contributed by atoms with Crippen LogP contribution in [0.4, 0.5) is 27.8 Å².